The summed E-state index contributed by atoms with van der Waals surface area (Å²) in [5.41, 5.74) is 1.77. The Morgan fingerprint density at radius 3 is 2.64 bits per heavy atom. The molecular weight excluding hydrogens is 340 g/mol. The number of benzene rings is 2. The third-order valence-electron chi connectivity index (χ3n) is 4.82. The second-order valence-electron chi connectivity index (χ2n) is 6.34. The molecule has 2 aromatic rings. The van der Waals surface area contributed by atoms with Gasteiger partial charge in [-0.1, -0.05) is 29.8 Å². The Morgan fingerprint density at radius 1 is 1.20 bits per heavy atom. The molecule has 4 rings (SSSR count). The average molecular weight is 360 g/mol. The summed E-state index contributed by atoms with van der Waals surface area (Å²) in [5.74, 6) is -0.373. The van der Waals surface area contributed by atoms with Gasteiger partial charge in [-0.25, -0.2) is 8.42 Å². The second kappa shape index (κ2) is 5.72. The molecule has 0 aromatic heterocycles. The van der Waals surface area contributed by atoms with E-state index in [2.05, 4.69) is 5.32 Å². The van der Waals surface area contributed by atoms with Crippen LogP contribution in [-0.4, -0.2) is 38.3 Å². The van der Waals surface area contributed by atoms with Gasteiger partial charge in [0.1, 0.15) is 5.75 Å². The normalized spacial score (nSPS) is 25.6. The lowest BCUT2D eigenvalue weighted by molar-refractivity contribution is -0.173. The monoisotopic (exact) mass is 360 g/mol. The summed E-state index contributed by atoms with van der Waals surface area (Å²) in [6.45, 7) is 2.24. The smallest absolute Gasteiger partial charge is 0.246 e. The molecule has 6 nitrogen and oxygen atoms in total. The maximum atomic E-state index is 13.1. The number of para-hydroxylation sites is 2. The number of ether oxygens (including phenoxy) is 2. The number of methoxy groups -OCH3 is 1. The van der Waals surface area contributed by atoms with Gasteiger partial charge in [-0.3, -0.25) is 0 Å². The highest BCUT2D eigenvalue weighted by Crippen LogP contribution is 2.44. The fourth-order valence-corrected chi connectivity index (χ4v) is 4.98. The first-order valence-corrected chi connectivity index (χ1v) is 9.58. The van der Waals surface area contributed by atoms with Gasteiger partial charge in [-0.15, -0.1) is 0 Å². The summed E-state index contributed by atoms with van der Waals surface area (Å²) in [5, 5.41) is 3.28. The Balaban J connectivity index is 1.74. The zero-order chi connectivity index (χ0) is 17.7. The zero-order valence-corrected chi connectivity index (χ0v) is 14.9. The first kappa shape index (κ1) is 16.4. The van der Waals surface area contributed by atoms with Crippen LogP contribution in [0.3, 0.4) is 0 Å². The van der Waals surface area contributed by atoms with Crippen LogP contribution in [0.15, 0.2) is 53.4 Å². The van der Waals surface area contributed by atoms with Crippen molar-refractivity contribution < 1.29 is 17.9 Å². The van der Waals surface area contributed by atoms with Crippen LogP contribution in [0, 0.1) is 6.92 Å². The maximum absolute atomic E-state index is 13.1. The van der Waals surface area contributed by atoms with Crippen LogP contribution in [0.1, 0.15) is 12.0 Å². The third kappa shape index (κ3) is 2.50. The molecule has 2 aliphatic heterocycles. The SMILES string of the molecule is CO[C@@]12CCN(S(=O)(=O)c3ccc(C)cc3)[C@@H]1Nc1ccccc1O2. The van der Waals surface area contributed by atoms with Gasteiger partial charge in [0.25, 0.3) is 0 Å². The standard InChI is InChI=1S/C18H20N2O4S/c1-13-7-9-14(10-8-13)25(21,22)20-12-11-18(23-2)17(20)19-15-5-3-4-6-16(15)24-18/h3-10,17,19H,11-12H2,1-2H3/t17-,18+/m0/s1. The van der Waals surface area contributed by atoms with Crippen molar-refractivity contribution >= 4 is 15.7 Å². The number of fused-ring (bicyclic) bond motifs is 2. The van der Waals surface area contributed by atoms with Crippen molar-refractivity contribution in [1.82, 2.24) is 4.31 Å². The van der Waals surface area contributed by atoms with E-state index in [1.165, 1.54) is 4.31 Å². The first-order chi connectivity index (χ1) is 12.0. The lowest BCUT2D eigenvalue weighted by Crippen LogP contribution is -2.57. The van der Waals surface area contributed by atoms with Crippen LogP contribution in [0.2, 0.25) is 0 Å². The van der Waals surface area contributed by atoms with Crippen molar-refractivity contribution in [2.24, 2.45) is 0 Å². The fraction of sp³-hybridized carbons (Fsp3) is 0.333. The van der Waals surface area contributed by atoms with E-state index in [1.807, 2.05) is 31.2 Å². The van der Waals surface area contributed by atoms with E-state index < -0.39 is 22.0 Å². The van der Waals surface area contributed by atoms with Crippen LogP contribution >= 0.6 is 0 Å². The van der Waals surface area contributed by atoms with E-state index in [0.29, 0.717) is 18.7 Å². The van der Waals surface area contributed by atoms with E-state index in [1.54, 1.807) is 31.4 Å². The Morgan fingerprint density at radius 2 is 1.92 bits per heavy atom. The van der Waals surface area contributed by atoms with Crippen molar-refractivity contribution in [2.75, 3.05) is 19.0 Å². The number of anilines is 1. The molecule has 2 aromatic carbocycles. The Hall–Kier alpha value is -2.09. The Labute approximate surface area is 147 Å². The lowest BCUT2D eigenvalue weighted by atomic mass is 10.1. The second-order valence-corrected chi connectivity index (χ2v) is 8.23. The molecule has 0 radical (unpaired) electrons. The minimum atomic E-state index is -3.67. The van der Waals surface area contributed by atoms with Crippen LogP contribution in [0.25, 0.3) is 0 Å². The molecule has 1 saturated heterocycles. The van der Waals surface area contributed by atoms with Gasteiger partial charge >= 0.3 is 0 Å². The predicted octanol–water partition coefficient (Wildman–Crippen LogP) is 2.56. The summed E-state index contributed by atoms with van der Waals surface area (Å²) in [4.78, 5) is 0.269. The molecule has 2 aliphatic rings. The number of nitrogens with zero attached hydrogens (tertiary/aromatic N) is 1. The number of sulfonamides is 1. The third-order valence-corrected chi connectivity index (χ3v) is 6.70. The Bertz CT molecular complexity index is 898. The summed E-state index contributed by atoms with van der Waals surface area (Å²) >= 11 is 0. The van der Waals surface area contributed by atoms with Crippen LogP contribution in [0.5, 0.6) is 5.75 Å². The predicted molar refractivity (Wildman–Crippen MR) is 93.9 cm³/mol. The molecule has 7 heteroatoms. The Kier molecular flexibility index (Phi) is 3.75. The van der Waals surface area contributed by atoms with Crippen molar-refractivity contribution in [1.29, 1.82) is 0 Å². The highest BCUT2D eigenvalue weighted by molar-refractivity contribution is 7.89. The van der Waals surface area contributed by atoms with E-state index >= 15 is 0 Å². The van der Waals surface area contributed by atoms with Gasteiger partial charge in [-0.2, -0.15) is 4.31 Å². The van der Waals surface area contributed by atoms with Gasteiger partial charge in [0.2, 0.25) is 15.8 Å². The van der Waals surface area contributed by atoms with Gasteiger partial charge in [0, 0.05) is 20.1 Å². The first-order valence-electron chi connectivity index (χ1n) is 8.14. The van der Waals surface area contributed by atoms with Crippen LogP contribution < -0.4 is 10.1 Å². The highest BCUT2D eigenvalue weighted by Gasteiger charge is 2.57. The molecule has 1 fully saturated rings. The van der Waals surface area contributed by atoms with Gasteiger partial charge in [-0.05, 0) is 31.2 Å². The maximum Gasteiger partial charge on any atom is 0.246 e. The van der Waals surface area contributed by atoms with Gasteiger partial charge in [0.15, 0.2) is 6.17 Å². The summed E-state index contributed by atoms with van der Waals surface area (Å²) in [6.07, 6.45) is -0.181. The summed E-state index contributed by atoms with van der Waals surface area (Å²) < 4.78 is 39.5. The van der Waals surface area contributed by atoms with Gasteiger partial charge < -0.3 is 14.8 Å². The number of rotatable bonds is 3. The number of nitrogens with one attached hydrogen (secondary N) is 1. The molecule has 2 heterocycles. The minimum Gasteiger partial charge on any atom is -0.456 e. The molecule has 0 aliphatic carbocycles. The number of aryl methyl sites for hydroxylation is 1. The molecular formula is C18H20N2O4S. The van der Waals surface area contributed by atoms with Crippen molar-refractivity contribution in [3.8, 4) is 5.75 Å². The quantitative estimate of drug-likeness (QED) is 0.911. The molecule has 1 N–H and O–H groups in total. The number of hydrogen-bond acceptors (Lipinski definition) is 5. The zero-order valence-electron chi connectivity index (χ0n) is 14.1. The van der Waals surface area contributed by atoms with Crippen LogP contribution in [-0.2, 0) is 14.8 Å². The van der Waals surface area contributed by atoms with Crippen LogP contribution in [0.4, 0.5) is 5.69 Å². The topological polar surface area (TPSA) is 67.9 Å². The molecule has 0 bridgehead atoms. The highest BCUT2D eigenvalue weighted by atomic mass is 32.2. The van der Waals surface area contributed by atoms with Crippen molar-refractivity contribution in [3.05, 3.63) is 54.1 Å². The molecule has 132 valence electrons. The van der Waals surface area contributed by atoms with Gasteiger partial charge in [0.05, 0.1) is 10.6 Å². The summed E-state index contributed by atoms with van der Waals surface area (Å²) in [6, 6.07) is 14.3. The molecule has 0 unspecified atom stereocenters. The van der Waals surface area contributed by atoms with E-state index in [9.17, 15) is 8.42 Å². The van der Waals surface area contributed by atoms with E-state index in [4.69, 9.17) is 9.47 Å². The molecule has 2 atom stereocenters. The molecule has 0 amide bonds. The van der Waals surface area contributed by atoms with Crippen molar-refractivity contribution in [2.45, 2.75) is 30.2 Å². The van der Waals surface area contributed by atoms with E-state index in [0.717, 1.165) is 11.3 Å². The molecule has 0 saturated carbocycles. The van der Waals surface area contributed by atoms with Crippen molar-refractivity contribution in [3.63, 3.8) is 0 Å². The fourth-order valence-electron chi connectivity index (χ4n) is 3.41. The minimum absolute atomic E-state index is 0.269. The number of hydrogen-bond donors (Lipinski definition) is 1. The molecule has 0 spiro atoms. The lowest BCUT2D eigenvalue weighted by Gasteiger charge is -2.41. The molecule has 25 heavy (non-hydrogen) atoms. The average Bonchev–Trinajstić information content (AvgIpc) is 2.99. The summed E-state index contributed by atoms with van der Waals surface area (Å²) in [7, 11) is -2.12. The largest absolute Gasteiger partial charge is 0.456 e. The van der Waals surface area contributed by atoms with E-state index in [-0.39, 0.29) is 4.90 Å².